The van der Waals surface area contributed by atoms with Crippen LogP contribution in [0.1, 0.15) is 39.2 Å². The minimum Gasteiger partial charge on any atom is -0.381 e. The summed E-state index contributed by atoms with van der Waals surface area (Å²) in [5.74, 6) is 0. The fourth-order valence-corrected chi connectivity index (χ4v) is 3.69. The van der Waals surface area contributed by atoms with Crippen molar-refractivity contribution >= 4 is 27.5 Å². The Hall–Kier alpha value is -2.13. The van der Waals surface area contributed by atoms with Crippen LogP contribution in [-0.2, 0) is 0 Å². The highest BCUT2D eigenvalue weighted by atomic mass is 15.1. The van der Waals surface area contributed by atoms with E-state index < -0.39 is 0 Å². The number of aromatic nitrogens is 1. The van der Waals surface area contributed by atoms with E-state index in [1.165, 1.54) is 41.4 Å². The van der Waals surface area contributed by atoms with Gasteiger partial charge in [-0.3, -0.25) is 0 Å². The molecule has 0 bridgehead atoms. The van der Waals surface area contributed by atoms with E-state index in [0.717, 1.165) is 24.1 Å². The SMILES string of the molecule is CCN(CC)CCCC(C)Nc1c2ccccc2nc2c(C)cccc12. The zero-order valence-electron chi connectivity index (χ0n) is 16.5. The van der Waals surface area contributed by atoms with Crippen molar-refractivity contribution in [3.63, 3.8) is 0 Å². The molecule has 0 amide bonds. The lowest BCUT2D eigenvalue weighted by Gasteiger charge is -2.22. The van der Waals surface area contributed by atoms with Gasteiger partial charge in [-0.2, -0.15) is 0 Å². The molecule has 1 aromatic heterocycles. The summed E-state index contributed by atoms with van der Waals surface area (Å²) >= 11 is 0. The molecule has 2 aromatic carbocycles. The summed E-state index contributed by atoms with van der Waals surface area (Å²) in [5, 5.41) is 6.24. The highest BCUT2D eigenvalue weighted by Crippen LogP contribution is 2.32. The summed E-state index contributed by atoms with van der Waals surface area (Å²) in [6.45, 7) is 12.4. The summed E-state index contributed by atoms with van der Waals surface area (Å²) in [4.78, 5) is 7.40. The first-order chi connectivity index (χ1) is 12.6. The molecule has 138 valence electrons. The zero-order valence-corrected chi connectivity index (χ0v) is 16.5. The predicted molar refractivity (Wildman–Crippen MR) is 114 cm³/mol. The minimum absolute atomic E-state index is 0.431. The van der Waals surface area contributed by atoms with Gasteiger partial charge in [0.2, 0.25) is 0 Å². The second kappa shape index (κ2) is 8.50. The zero-order chi connectivity index (χ0) is 18.5. The molecule has 0 aliphatic rings. The number of pyridine rings is 1. The molecule has 26 heavy (non-hydrogen) atoms. The number of nitrogens with zero attached hydrogens (tertiary/aromatic N) is 2. The summed E-state index contributed by atoms with van der Waals surface area (Å²) < 4.78 is 0. The Morgan fingerprint density at radius 2 is 1.73 bits per heavy atom. The minimum atomic E-state index is 0.431. The maximum atomic E-state index is 4.91. The Kier molecular flexibility index (Phi) is 6.10. The van der Waals surface area contributed by atoms with Gasteiger partial charge >= 0.3 is 0 Å². The third kappa shape index (κ3) is 3.99. The molecule has 1 heterocycles. The summed E-state index contributed by atoms with van der Waals surface area (Å²) in [6, 6.07) is 15.3. The third-order valence-electron chi connectivity index (χ3n) is 5.31. The van der Waals surface area contributed by atoms with Gasteiger partial charge in [0.25, 0.3) is 0 Å². The molecule has 0 spiro atoms. The van der Waals surface area contributed by atoms with Crippen LogP contribution in [0.5, 0.6) is 0 Å². The first kappa shape index (κ1) is 18.7. The maximum Gasteiger partial charge on any atom is 0.0759 e. The summed E-state index contributed by atoms with van der Waals surface area (Å²) in [6.07, 6.45) is 2.39. The van der Waals surface area contributed by atoms with Crippen LogP contribution in [0.3, 0.4) is 0 Å². The lowest BCUT2D eigenvalue weighted by molar-refractivity contribution is 0.295. The van der Waals surface area contributed by atoms with E-state index in [2.05, 4.69) is 80.4 Å². The molecule has 0 radical (unpaired) electrons. The van der Waals surface area contributed by atoms with Crippen molar-refractivity contribution < 1.29 is 0 Å². The molecule has 1 N–H and O–H groups in total. The highest BCUT2D eigenvalue weighted by Gasteiger charge is 2.12. The van der Waals surface area contributed by atoms with E-state index in [4.69, 9.17) is 4.98 Å². The van der Waals surface area contributed by atoms with Crippen LogP contribution in [-0.4, -0.2) is 35.6 Å². The first-order valence-electron chi connectivity index (χ1n) is 9.91. The van der Waals surface area contributed by atoms with Gasteiger partial charge in [-0.1, -0.05) is 50.2 Å². The number of nitrogens with one attached hydrogen (secondary N) is 1. The second-order valence-electron chi connectivity index (χ2n) is 7.19. The van der Waals surface area contributed by atoms with Crippen LogP contribution < -0.4 is 5.32 Å². The van der Waals surface area contributed by atoms with Crippen molar-refractivity contribution in [3.05, 3.63) is 48.0 Å². The summed E-state index contributed by atoms with van der Waals surface area (Å²) in [5.41, 5.74) is 4.62. The maximum absolute atomic E-state index is 4.91. The van der Waals surface area contributed by atoms with Crippen LogP contribution in [0.25, 0.3) is 21.8 Å². The molecule has 0 saturated heterocycles. The standard InChI is InChI=1S/C23H31N3/c1-5-26(6-2)16-10-12-18(4)24-23-19-13-7-8-15-21(19)25-22-17(3)11-9-14-20(22)23/h7-9,11,13-15,18H,5-6,10,12,16H2,1-4H3,(H,24,25). The quantitative estimate of drug-likeness (QED) is 0.535. The third-order valence-corrected chi connectivity index (χ3v) is 5.31. The number of benzene rings is 2. The van der Waals surface area contributed by atoms with E-state index >= 15 is 0 Å². The van der Waals surface area contributed by atoms with Crippen LogP contribution in [0, 0.1) is 6.92 Å². The molecule has 3 heteroatoms. The van der Waals surface area contributed by atoms with Crippen LogP contribution in [0.2, 0.25) is 0 Å². The van der Waals surface area contributed by atoms with E-state index in [9.17, 15) is 0 Å². The number of para-hydroxylation sites is 2. The Morgan fingerprint density at radius 1 is 1.00 bits per heavy atom. The molecular weight excluding hydrogens is 318 g/mol. The van der Waals surface area contributed by atoms with E-state index in [1.807, 2.05) is 0 Å². The Labute approximate surface area is 157 Å². The Balaban J connectivity index is 1.87. The van der Waals surface area contributed by atoms with Crippen molar-refractivity contribution in [2.75, 3.05) is 25.0 Å². The molecule has 3 nitrogen and oxygen atoms in total. The second-order valence-corrected chi connectivity index (χ2v) is 7.19. The van der Waals surface area contributed by atoms with Crippen LogP contribution >= 0.6 is 0 Å². The van der Waals surface area contributed by atoms with Gasteiger partial charge < -0.3 is 10.2 Å². The van der Waals surface area contributed by atoms with Crippen molar-refractivity contribution in [3.8, 4) is 0 Å². The molecule has 3 aromatic rings. The van der Waals surface area contributed by atoms with Crippen molar-refractivity contribution in [1.82, 2.24) is 9.88 Å². The fourth-order valence-electron chi connectivity index (χ4n) is 3.69. The van der Waals surface area contributed by atoms with Gasteiger partial charge in [0.15, 0.2) is 0 Å². The molecule has 0 fully saturated rings. The number of fused-ring (bicyclic) bond motifs is 2. The van der Waals surface area contributed by atoms with E-state index in [0.29, 0.717) is 6.04 Å². The van der Waals surface area contributed by atoms with E-state index in [-0.39, 0.29) is 0 Å². The van der Waals surface area contributed by atoms with Crippen molar-refractivity contribution in [2.45, 2.75) is 46.6 Å². The highest BCUT2D eigenvalue weighted by molar-refractivity contribution is 6.08. The predicted octanol–water partition coefficient (Wildman–Crippen LogP) is 5.62. The largest absolute Gasteiger partial charge is 0.381 e. The topological polar surface area (TPSA) is 28.2 Å². The molecule has 0 aliphatic carbocycles. The number of aryl methyl sites for hydroxylation is 1. The molecule has 0 saturated carbocycles. The molecule has 0 aliphatic heterocycles. The number of anilines is 1. The van der Waals surface area contributed by atoms with Gasteiger partial charge in [0.1, 0.15) is 0 Å². The summed E-state index contributed by atoms with van der Waals surface area (Å²) in [7, 11) is 0. The van der Waals surface area contributed by atoms with Crippen molar-refractivity contribution in [2.24, 2.45) is 0 Å². The van der Waals surface area contributed by atoms with Gasteiger partial charge in [-0.05, 0) is 58.0 Å². The Morgan fingerprint density at radius 3 is 2.50 bits per heavy atom. The number of rotatable bonds is 8. The average Bonchev–Trinajstić information content (AvgIpc) is 2.66. The van der Waals surface area contributed by atoms with Gasteiger partial charge in [0.05, 0.1) is 16.7 Å². The smallest absolute Gasteiger partial charge is 0.0759 e. The lowest BCUT2D eigenvalue weighted by atomic mass is 10.0. The molecule has 3 rings (SSSR count). The van der Waals surface area contributed by atoms with Gasteiger partial charge in [-0.25, -0.2) is 4.98 Å². The average molecular weight is 350 g/mol. The van der Waals surface area contributed by atoms with E-state index in [1.54, 1.807) is 0 Å². The Bertz CT molecular complexity index is 868. The van der Waals surface area contributed by atoms with Gasteiger partial charge in [-0.15, -0.1) is 0 Å². The lowest BCUT2D eigenvalue weighted by Crippen LogP contribution is -2.25. The molecule has 1 atom stereocenters. The van der Waals surface area contributed by atoms with Crippen LogP contribution in [0.4, 0.5) is 5.69 Å². The molecular formula is C23H31N3. The van der Waals surface area contributed by atoms with Gasteiger partial charge in [0, 0.05) is 16.8 Å². The molecule has 1 unspecified atom stereocenters. The number of hydrogen-bond acceptors (Lipinski definition) is 3. The monoisotopic (exact) mass is 349 g/mol. The van der Waals surface area contributed by atoms with Crippen molar-refractivity contribution in [1.29, 1.82) is 0 Å². The fraction of sp³-hybridized carbons (Fsp3) is 0.435. The first-order valence-corrected chi connectivity index (χ1v) is 9.91. The number of hydrogen-bond donors (Lipinski definition) is 1. The van der Waals surface area contributed by atoms with Crippen LogP contribution in [0.15, 0.2) is 42.5 Å². The normalized spacial score (nSPS) is 12.8.